The molecule has 646 valence electrons. The summed E-state index contributed by atoms with van der Waals surface area (Å²) in [6.07, 6.45) is -1.08. The number of hydrogen-bond donors (Lipinski definition) is 0. The fourth-order valence-electron chi connectivity index (χ4n) is 17.8. The van der Waals surface area contributed by atoms with Crippen LogP contribution in [-0.2, 0) is 64.7 Å². The number of halogens is 4. The Morgan fingerprint density at radius 1 is 0.361 bits per heavy atom. The number of nitrogens with zero attached hydrogens (tertiary/aromatic N) is 9. The molecule has 4 unspecified atom stereocenters. The molecular weight excluding hydrogens is 1720 g/mol. The third-order valence-electron chi connectivity index (χ3n) is 24.8. The molecule has 0 bridgehead atoms. The van der Waals surface area contributed by atoms with Crippen LogP contribution in [0.2, 0.25) is 5.02 Å². The Bertz CT molecular complexity index is 5720. The quantitative estimate of drug-likeness (QED) is 0.110. The summed E-state index contributed by atoms with van der Waals surface area (Å²) in [6.45, 7) is 7.61. The summed E-state index contributed by atoms with van der Waals surface area (Å²) in [5.74, 6) is 0.165. The molecule has 32 heteroatoms. The van der Waals surface area contributed by atoms with Crippen molar-refractivity contribution in [2.75, 3.05) is 144 Å². The van der Waals surface area contributed by atoms with Crippen LogP contribution in [0.4, 0.5) is 35.4 Å². The predicted octanol–water partition coefficient (Wildman–Crippen LogP) is 15.2. The molecule has 10 aromatic rings. The van der Waals surface area contributed by atoms with Crippen LogP contribution in [0, 0.1) is 23.7 Å². The average molecular weight is 1820 g/mol. The number of carbonyl (C=O) groups excluding carboxylic acids is 4. The number of sulfone groups is 4. The maximum Gasteiger partial charge on any atom is 0.416 e. The topological polar surface area (TPSA) is 244 Å². The predicted molar refractivity (Wildman–Crippen MR) is 480 cm³/mol. The number of anilines is 4. The Balaban J connectivity index is 0.000000126. The van der Waals surface area contributed by atoms with Gasteiger partial charge in [-0.3, -0.25) is 19.2 Å². The summed E-state index contributed by atoms with van der Waals surface area (Å²) >= 11 is 11.0. The van der Waals surface area contributed by atoms with E-state index in [0.29, 0.717) is 114 Å². The number of rotatable bonds is 12. The van der Waals surface area contributed by atoms with E-state index in [0.717, 1.165) is 80.2 Å². The fraction of sp³-hybridized carbons (Fsp3) is 0.411. The van der Waals surface area contributed by atoms with Crippen LogP contribution in [0.15, 0.2) is 211 Å². The van der Waals surface area contributed by atoms with E-state index in [-0.39, 0.29) is 117 Å². The minimum absolute atomic E-state index is 0.0274. The first kappa shape index (κ1) is 87.9. The number of aromatic nitrogens is 1. The van der Waals surface area contributed by atoms with Crippen molar-refractivity contribution in [2.45, 2.75) is 81.7 Å². The minimum atomic E-state index is -4.38. The van der Waals surface area contributed by atoms with Crippen molar-refractivity contribution in [2.24, 2.45) is 23.7 Å². The summed E-state index contributed by atoms with van der Waals surface area (Å²) in [7, 11) is -12.0. The van der Waals surface area contributed by atoms with Crippen molar-refractivity contribution in [1.29, 1.82) is 0 Å². The van der Waals surface area contributed by atoms with E-state index >= 15 is 0 Å². The Morgan fingerprint density at radius 3 is 1.15 bits per heavy atom. The van der Waals surface area contributed by atoms with Gasteiger partial charge in [0.15, 0.2) is 5.13 Å². The van der Waals surface area contributed by atoms with Crippen LogP contribution >= 0.6 is 45.6 Å². The van der Waals surface area contributed by atoms with Crippen molar-refractivity contribution in [1.82, 2.24) is 24.6 Å². The van der Waals surface area contributed by atoms with Crippen LogP contribution in [0.1, 0.15) is 102 Å². The van der Waals surface area contributed by atoms with Crippen molar-refractivity contribution in [3.05, 3.63) is 242 Å². The molecule has 122 heavy (non-hydrogen) atoms. The first-order chi connectivity index (χ1) is 58.6. The van der Waals surface area contributed by atoms with Crippen LogP contribution in [-0.4, -0.2) is 206 Å². The second kappa shape index (κ2) is 38.3. The summed E-state index contributed by atoms with van der Waals surface area (Å²) < 4.78 is 134. The molecule has 0 N–H and O–H groups in total. The zero-order chi connectivity index (χ0) is 85.5. The number of amides is 4. The third kappa shape index (κ3) is 21.5. The van der Waals surface area contributed by atoms with Crippen molar-refractivity contribution in [3.8, 4) is 0 Å². The number of para-hydroxylation sites is 1. The lowest BCUT2D eigenvalue weighted by molar-refractivity contribution is -0.139. The normalized spacial score (nSPS) is 22.2. The number of carbonyl (C=O) groups is 4. The molecule has 0 aliphatic carbocycles. The average Bonchev–Trinajstić information content (AvgIpc) is 1.67. The van der Waals surface area contributed by atoms with Gasteiger partial charge in [-0.1, -0.05) is 144 Å². The molecular formula is C90H99ClF3N9O12S7. The molecule has 7 aromatic carbocycles. The van der Waals surface area contributed by atoms with E-state index in [9.17, 15) is 66.0 Å². The molecule has 18 rings (SSSR count). The highest BCUT2D eigenvalue weighted by Gasteiger charge is 2.44. The highest BCUT2D eigenvalue weighted by atomic mass is 35.5. The van der Waals surface area contributed by atoms with E-state index in [1.807, 2.05) is 138 Å². The molecule has 0 radical (unpaired) electrons. The van der Waals surface area contributed by atoms with Gasteiger partial charge in [-0.15, -0.1) is 22.7 Å². The largest absolute Gasteiger partial charge is 0.416 e. The molecule has 0 spiro atoms. The summed E-state index contributed by atoms with van der Waals surface area (Å²) in [6, 6.07) is 63.8. The minimum Gasteiger partial charge on any atom is -0.367 e. The van der Waals surface area contributed by atoms with Gasteiger partial charge in [0.25, 0.3) is 0 Å². The van der Waals surface area contributed by atoms with E-state index in [2.05, 4.69) is 87.5 Å². The van der Waals surface area contributed by atoms with Crippen LogP contribution in [0.25, 0.3) is 21.0 Å². The zero-order valence-corrected chi connectivity index (χ0v) is 73.9. The second-order valence-corrected chi connectivity index (χ2v) is 45.2. The number of benzene rings is 7. The van der Waals surface area contributed by atoms with Gasteiger partial charge >= 0.3 is 6.18 Å². The number of thiazole rings is 1. The summed E-state index contributed by atoms with van der Waals surface area (Å²) in [5, 5.41) is 8.08. The Kier molecular flexibility index (Phi) is 27.6. The smallest absolute Gasteiger partial charge is 0.367 e. The lowest BCUT2D eigenvalue weighted by atomic mass is 9.96. The molecule has 21 nitrogen and oxygen atoms in total. The molecule has 8 aliphatic rings. The van der Waals surface area contributed by atoms with Gasteiger partial charge in [0.05, 0.1) is 86.0 Å². The van der Waals surface area contributed by atoms with Crippen molar-refractivity contribution in [3.63, 3.8) is 0 Å². The second-order valence-electron chi connectivity index (χ2n) is 32.6. The number of alkyl halides is 3. The van der Waals surface area contributed by atoms with E-state index in [1.165, 1.54) is 39.9 Å². The first-order valence-electron chi connectivity index (χ1n) is 41.5. The maximum atomic E-state index is 13.5. The lowest BCUT2D eigenvalue weighted by Crippen LogP contribution is -2.53. The monoisotopic (exact) mass is 1810 g/mol. The van der Waals surface area contributed by atoms with Crippen LogP contribution in [0.5, 0.6) is 0 Å². The van der Waals surface area contributed by atoms with Gasteiger partial charge in [-0.2, -0.15) is 13.2 Å². The van der Waals surface area contributed by atoms with Gasteiger partial charge in [-0.25, -0.2) is 38.7 Å². The zero-order valence-electron chi connectivity index (χ0n) is 67.4. The molecule has 8 saturated heterocycles. The lowest BCUT2D eigenvalue weighted by Gasteiger charge is -2.44. The molecule has 4 amide bonds. The summed E-state index contributed by atoms with van der Waals surface area (Å²) in [5.41, 5.74) is 5.45. The van der Waals surface area contributed by atoms with E-state index < -0.39 is 51.1 Å². The molecule has 3 aromatic heterocycles. The number of thiophene rings is 2. The molecule has 11 heterocycles. The molecule has 0 saturated carbocycles. The molecule has 8 aliphatic heterocycles. The van der Waals surface area contributed by atoms with E-state index in [1.54, 1.807) is 22.7 Å². The Morgan fingerprint density at radius 2 is 0.730 bits per heavy atom. The number of fused-ring (bicyclic) bond motifs is 2. The summed E-state index contributed by atoms with van der Waals surface area (Å²) in [4.78, 5) is 77.1. The number of piperazine rings is 4. The van der Waals surface area contributed by atoms with Crippen molar-refractivity contribution < 1.29 is 66.0 Å². The Hall–Kier alpha value is -8.95. The Labute approximate surface area is 728 Å². The van der Waals surface area contributed by atoms with Crippen LogP contribution in [0.3, 0.4) is 0 Å². The number of hydrogen-bond acceptors (Lipinski definition) is 20. The third-order valence-corrected chi connectivity index (χ3v) is 34.9. The molecule has 4 atom stereocenters. The SMILES string of the molecule is O=C(C1CCS(=O)(=O)CC1)N1CCN(c2ccc(C(F)(F)F)cc2)CC1c1cccs1.O=C(C1CCS(=O)(=O)CC1)N1CCN(c2ccc3ccccc3c2)CC1c1ccccc1.O=C(C1CCS(=O)(=O)CC1)N1CCN(c2cccc(Cl)c2)CC1c1cccs1.O=C(C1CCS(=O)(=O)CC1)N1CCN(c2nc3ccccc3s2)CC1c1ccccc1. The van der Waals surface area contributed by atoms with Gasteiger partial charge in [0.1, 0.15) is 39.3 Å². The van der Waals surface area contributed by atoms with Crippen molar-refractivity contribution >= 4 is 152 Å². The van der Waals surface area contributed by atoms with Gasteiger partial charge in [0.2, 0.25) is 23.6 Å². The van der Waals surface area contributed by atoms with Gasteiger partial charge in [-0.05, 0) is 163 Å². The maximum absolute atomic E-state index is 13.5. The first-order valence-corrected chi connectivity index (χ1v) is 51.8. The highest BCUT2D eigenvalue weighted by molar-refractivity contribution is 7.92. The standard InChI is InChI=1S/C26H28N2O3S.C23H25N3O3S2.C21H23F3N2O3S2.C20H23ClN2O3S2/c29-26(22-12-16-32(30,31)17-13-22)28-15-14-27(19-25(28)21-7-2-1-3-8-21)24-11-10-20-6-4-5-9-23(20)18-24;27-22(18-10-14-31(28,29)15-11-18)26-13-12-25(16-20(26)17-6-2-1-3-7-17)23-24-19-8-4-5-9-21(19)30-23;22-21(23,24)16-3-5-17(6-4-16)25-9-10-26(18(14-25)19-2-1-11-30-19)20(27)15-7-12-31(28,29)13-8-15;21-16-3-1-4-17(13-16)22-8-9-23(18(14-22)19-5-2-10-27-19)20(24)15-6-11-28(25,26)12-7-15/h1-11,18,22,25H,12-17,19H2;1-9,18,20H,10-16H2;1-6,11,15,18H,7-10,12-14H2;1-5,10,13,15,18H,6-9,11-12,14H2. The van der Waals surface area contributed by atoms with Gasteiger partial charge in [0, 0.05) is 134 Å². The van der Waals surface area contributed by atoms with E-state index in [4.69, 9.17) is 16.6 Å². The van der Waals surface area contributed by atoms with Gasteiger partial charge < -0.3 is 39.2 Å². The molecule has 8 fully saturated rings. The fourth-order valence-corrected chi connectivity index (χ4v) is 26.6. The highest BCUT2D eigenvalue weighted by Crippen LogP contribution is 2.42. The van der Waals surface area contributed by atoms with Crippen LogP contribution < -0.4 is 19.6 Å².